The lowest BCUT2D eigenvalue weighted by Crippen LogP contribution is -2.12. The van der Waals surface area contributed by atoms with E-state index in [2.05, 4.69) is 5.32 Å². The molecular formula is C20H16FNO4. The van der Waals surface area contributed by atoms with Crippen molar-refractivity contribution in [3.63, 3.8) is 0 Å². The number of carbonyl (C=O) groups excluding carboxylic acids is 2. The minimum atomic E-state index is -0.651. The molecule has 1 amide bonds. The van der Waals surface area contributed by atoms with Gasteiger partial charge in [0, 0.05) is 11.5 Å². The molecule has 0 saturated heterocycles. The summed E-state index contributed by atoms with van der Waals surface area (Å²) in [6, 6.07) is 12.7. The molecule has 0 spiro atoms. The molecule has 0 bridgehead atoms. The fourth-order valence-corrected chi connectivity index (χ4v) is 2.42. The van der Waals surface area contributed by atoms with Crippen molar-refractivity contribution in [2.45, 2.75) is 6.92 Å². The normalized spacial score (nSPS) is 11.0. The smallest absolute Gasteiger partial charge is 0.376 e. The molecular weight excluding hydrogens is 337 g/mol. The number of furan rings is 1. The number of halogens is 1. The van der Waals surface area contributed by atoms with Crippen molar-refractivity contribution >= 4 is 34.6 Å². The zero-order chi connectivity index (χ0) is 18.5. The van der Waals surface area contributed by atoms with Crippen molar-refractivity contribution in [2.24, 2.45) is 0 Å². The van der Waals surface area contributed by atoms with Crippen molar-refractivity contribution in [2.75, 3.05) is 11.9 Å². The fraction of sp³-hybridized carbons (Fsp3) is 0.100. The number of benzene rings is 2. The van der Waals surface area contributed by atoms with Crippen molar-refractivity contribution < 1.29 is 23.1 Å². The zero-order valence-electron chi connectivity index (χ0n) is 14.0. The van der Waals surface area contributed by atoms with E-state index in [1.165, 1.54) is 18.2 Å². The van der Waals surface area contributed by atoms with Gasteiger partial charge in [-0.15, -0.1) is 0 Å². The highest BCUT2D eigenvalue weighted by molar-refractivity contribution is 6.12. The monoisotopic (exact) mass is 353 g/mol. The van der Waals surface area contributed by atoms with E-state index in [9.17, 15) is 14.0 Å². The molecule has 5 nitrogen and oxygen atoms in total. The summed E-state index contributed by atoms with van der Waals surface area (Å²) in [7, 11) is 0. The molecule has 2 aromatic carbocycles. The first-order valence-corrected chi connectivity index (χ1v) is 8.01. The summed E-state index contributed by atoms with van der Waals surface area (Å²) in [5.74, 6) is -1.51. The third-order valence-corrected chi connectivity index (χ3v) is 3.60. The molecule has 3 aromatic rings. The van der Waals surface area contributed by atoms with Crippen LogP contribution in [0.3, 0.4) is 0 Å². The van der Waals surface area contributed by atoms with Gasteiger partial charge in [0.2, 0.25) is 11.7 Å². The summed E-state index contributed by atoms with van der Waals surface area (Å²) in [5.41, 5.74) is 1.39. The lowest BCUT2D eigenvalue weighted by atomic mass is 10.2. The van der Waals surface area contributed by atoms with E-state index < -0.39 is 11.9 Å². The summed E-state index contributed by atoms with van der Waals surface area (Å²) in [6.45, 7) is 1.87. The Kier molecular flexibility index (Phi) is 5.12. The second-order valence-corrected chi connectivity index (χ2v) is 5.40. The number of rotatable bonds is 5. The Morgan fingerprint density at radius 3 is 2.62 bits per heavy atom. The largest absolute Gasteiger partial charge is 0.460 e. The fourth-order valence-electron chi connectivity index (χ4n) is 2.42. The van der Waals surface area contributed by atoms with Gasteiger partial charge in [0.15, 0.2) is 0 Å². The van der Waals surface area contributed by atoms with Crippen LogP contribution in [0.4, 0.5) is 10.1 Å². The number of ether oxygens (including phenoxy) is 1. The van der Waals surface area contributed by atoms with Crippen LogP contribution in [0.1, 0.15) is 23.0 Å². The number of anilines is 1. The van der Waals surface area contributed by atoms with Gasteiger partial charge in [-0.1, -0.05) is 24.3 Å². The molecule has 1 aromatic heterocycles. The van der Waals surface area contributed by atoms with Gasteiger partial charge >= 0.3 is 5.97 Å². The quantitative estimate of drug-likeness (QED) is 0.545. The van der Waals surface area contributed by atoms with E-state index in [1.807, 2.05) is 0 Å². The number of amides is 1. The van der Waals surface area contributed by atoms with Gasteiger partial charge in [0.05, 0.1) is 6.61 Å². The van der Waals surface area contributed by atoms with Gasteiger partial charge < -0.3 is 14.5 Å². The SMILES string of the molecule is CCOC(=O)c1oc2ccccc2c1NC(=O)/C=C/c1ccc(F)cc1. The second kappa shape index (κ2) is 7.65. The molecule has 0 aliphatic carbocycles. The molecule has 132 valence electrons. The van der Waals surface area contributed by atoms with Gasteiger partial charge in [0.1, 0.15) is 17.1 Å². The van der Waals surface area contributed by atoms with Crippen LogP contribution in [-0.4, -0.2) is 18.5 Å². The van der Waals surface area contributed by atoms with Crippen LogP contribution >= 0.6 is 0 Å². The zero-order valence-corrected chi connectivity index (χ0v) is 14.0. The number of esters is 1. The molecule has 0 aliphatic heterocycles. The maximum atomic E-state index is 12.9. The number of nitrogens with one attached hydrogen (secondary N) is 1. The van der Waals surface area contributed by atoms with Crippen LogP contribution in [0.15, 0.2) is 59.0 Å². The number of hydrogen-bond donors (Lipinski definition) is 1. The maximum Gasteiger partial charge on any atom is 0.376 e. The van der Waals surface area contributed by atoms with Crippen molar-refractivity contribution in [1.29, 1.82) is 0 Å². The summed E-state index contributed by atoms with van der Waals surface area (Å²) in [5, 5.41) is 3.26. The Morgan fingerprint density at radius 1 is 1.15 bits per heavy atom. The average Bonchev–Trinajstić information content (AvgIpc) is 3.00. The van der Waals surface area contributed by atoms with E-state index in [0.29, 0.717) is 16.5 Å². The van der Waals surface area contributed by atoms with Crippen LogP contribution in [0.2, 0.25) is 0 Å². The minimum absolute atomic E-state index is 0.0587. The van der Waals surface area contributed by atoms with Crippen molar-refractivity contribution in [1.82, 2.24) is 0 Å². The Hall–Kier alpha value is -3.41. The molecule has 0 radical (unpaired) electrons. The van der Waals surface area contributed by atoms with Crippen LogP contribution in [0.5, 0.6) is 0 Å². The highest BCUT2D eigenvalue weighted by atomic mass is 19.1. The van der Waals surface area contributed by atoms with Crippen LogP contribution < -0.4 is 5.32 Å². The number of carbonyl (C=O) groups is 2. The highest BCUT2D eigenvalue weighted by Crippen LogP contribution is 2.31. The molecule has 0 unspecified atom stereocenters. The first-order valence-electron chi connectivity index (χ1n) is 8.01. The molecule has 6 heteroatoms. The number of fused-ring (bicyclic) bond motifs is 1. The third kappa shape index (κ3) is 3.80. The Morgan fingerprint density at radius 2 is 1.88 bits per heavy atom. The molecule has 0 saturated carbocycles. The molecule has 26 heavy (non-hydrogen) atoms. The molecule has 0 atom stereocenters. The van der Waals surface area contributed by atoms with Crippen LogP contribution in [-0.2, 0) is 9.53 Å². The van der Waals surface area contributed by atoms with E-state index in [-0.39, 0.29) is 23.9 Å². The van der Waals surface area contributed by atoms with Gasteiger partial charge in [-0.2, -0.15) is 0 Å². The van der Waals surface area contributed by atoms with E-state index in [4.69, 9.17) is 9.15 Å². The average molecular weight is 353 g/mol. The van der Waals surface area contributed by atoms with Crippen LogP contribution in [0.25, 0.3) is 17.0 Å². The van der Waals surface area contributed by atoms with E-state index in [0.717, 1.165) is 0 Å². The summed E-state index contributed by atoms with van der Waals surface area (Å²) < 4.78 is 23.4. The summed E-state index contributed by atoms with van der Waals surface area (Å²) in [6.07, 6.45) is 2.84. The molecule has 0 aliphatic rings. The standard InChI is InChI=1S/C20H16FNO4/c1-2-25-20(24)19-18(15-5-3-4-6-16(15)26-19)22-17(23)12-9-13-7-10-14(21)11-8-13/h3-12H,2H2,1H3,(H,22,23)/b12-9+. The maximum absolute atomic E-state index is 12.9. The summed E-state index contributed by atoms with van der Waals surface area (Å²) >= 11 is 0. The predicted octanol–water partition coefficient (Wildman–Crippen LogP) is 4.40. The van der Waals surface area contributed by atoms with Crippen molar-refractivity contribution in [3.05, 3.63) is 71.7 Å². The van der Waals surface area contributed by atoms with Gasteiger partial charge in [-0.05, 0) is 42.8 Å². The Balaban J connectivity index is 1.87. The number of hydrogen-bond acceptors (Lipinski definition) is 4. The first-order chi connectivity index (χ1) is 12.6. The van der Waals surface area contributed by atoms with Crippen molar-refractivity contribution in [3.8, 4) is 0 Å². The Labute approximate surface area is 149 Å². The molecule has 0 fully saturated rings. The second-order valence-electron chi connectivity index (χ2n) is 5.40. The van der Waals surface area contributed by atoms with E-state index >= 15 is 0 Å². The third-order valence-electron chi connectivity index (χ3n) is 3.60. The predicted molar refractivity (Wildman–Crippen MR) is 96.2 cm³/mol. The van der Waals surface area contributed by atoms with Gasteiger partial charge in [0.25, 0.3) is 0 Å². The first kappa shape index (κ1) is 17.4. The van der Waals surface area contributed by atoms with Crippen LogP contribution in [0, 0.1) is 5.82 Å². The van der Waals surface area contributed by atoms with E-state index in [1.54, 1.807) is 49.4 Å². The summed E-state index contributed by atoms with van der Waals surface area (Å²) in [4.78, 5) is 24.4. The Bertz CT molecular complexity index is 973. The molecule has 1 heterocycles. The molecule has 1 N–H and O–H groups in total. The minimum Gasteiger partial charge on any atom is -0.460 e. The number of para-hydroxylation sites is 1. The topological polar surface area (TPSA) is 68.5 Å². The highest BCUT2D eigenvalue weighted by Gasteiger charge is 2.22. The van der Waals surface area contributed by atoms with Gasteiger partial charge in [-0.3, -0.25) is 4.79 Å². The molecule has 3 rings (SSSR count). The van der Waals surface area contributed by atoms with Gasteiger partial charge in [-0.25, -0.2) is 9.18 Å². The lowest BCUT2D eigenvalue weighted by molar-refractivity contribution is -0.111. The lowest BCUT2D eigenvalue weighted by Gasteiger charge is -2.03.